The van der Waals surface area contributed by atoms with Crippen LogP contribution in [0.3, 0.4) is 0 Å². The van der Waals surface area contributed by atoms with Gasteiger partial charge < -0.3 is 15.2 Å². The molecule has 3 rings (SSSR count). The number of hydrogen-bond acceptors (Lipinski definition) is 3. The quantitative estimate of drug-likeness (QED) is 0.678. The number of nitrogens with one attached hydrogen (secondary N) is 1. The molecule has 2 N–H and O–H groups in total. The number of carboxylic acid groups (broad SMARTS) is 1. The van der Waals surface area contributed by atoms with Gasteiger partial charge in [-0.2, -0.15) is 0 Å². The average Bonchev–Trinajstić information content (AvgIpc) is 3.45. The Hall–Kier alpha value is -2.82. The number of hydrogen-bond donors (Lipinski definition) is 2. The molecule has 0 aliphatic heterocycles. The second-order valence-electron chi connectivity index (χ2n) is 6.58. The molecule has 0 spiro atoms. The van der Waals surface area contributed by atoms with Gasteiger partial charge in [0, 0.05) is 18.9 Å². The first-order valence-electron chi connectivity index (χ1n) is 8.89. The summed E-state index contributed by atoms with van der Waals surface area (Å²) in [5, 5.41) is 11.4. The van der Waals surface area contributed by atoms with Gasteiger partial charge in [-0.15, -0.1) is 0 Å². The van der Waals surface area contributed by atoms with E-state index < -0.39 is 5.97 Å². The third-order valence-corrected chi connectivity index (χ3v) is 4.55. The summed E-state index contributed by atoms with van der Waals surface area (Å²) < 4.78 is 5.78. The monoisotopic (exact) mass is 353 g/mol. The van der Waals surface area contributed by atoms with Crippen LogP contribution < -0.4 is 10.1 Å². The standard InChI is InChI=1S/C21H23NO4/c23-20(24)7-4-12-22-21(25)19-13-18(19)16-8-10-17(11-9-16)26-14-15-5-2-1-3-6-15/h1-3,5-6,8-11,18-19H,4,7,12-14H2,(H,22,25)(H,23,24). The van der Waals surface area contributed by atoms with Gasteiger partial charge in [0.25, 0.3) is 0 Å². The lowest BCUT2D eigenvalue weighted by Gasteiger charge is -2.08. The molecule has 0 heterocycles. The predicted molar refractivity (Wildman–Crippen MR) is 97.9 cm³/mol. The fourth-order valence-corrected chi connectivity index (χ4v) is 2.99. The van der Waals surface area contributed by atoms with Crippen molar-refractivity contribution in [3.8, 4) is 5.75 Å². The van der Waals surface area contributed by atoms with Gasteiger partial charge in [-0.1, -0.05) is 42.5 Å². The lowest BCUT2D eigenvalue weighted by Crippen LogP contribution is -2.26. The molecule has 0 bridgehead atoms. The van der Waals surface area contributed by atoms with Gasteiger partial charge in [0.05, 0.1) is 0 Å². The average molecular weight is 353 g/mol. The van der Waals surface area contributed by atoms with Gasteiger partial charge in [-0.05, 0) is 42.0 Å². The number of carbonyl (C=O) groups excluding carboxylic acids is 1. The number of rotatable bonds is 9. The minimum atomic E-state index is -0.835. The number of amides is 1. The third-order valence-electron chi connectivity index (χ3n) is 4.55. The molecule has 1 saturated carbocycles. The van der Waals surface area contributed by atoms with Crippen molar-refractivity contribution in [3.05, 3.63) is 65.7 Å². The molecule has 5 heteroatoms. The Morgan fingerprint density at radius 2 is 1.81 bits per heavy atom. The molecule has 1 amide bonds. The van der Waals surface area contributed by atoms with Gasteiger partial charge in [-0.3, -0.25) is 9.59 Å². The van der Waals surface area contributed by atoms with E-state index in [9.17, 15) is 9.59 Å². The molecule has 2 unspecified atom stereocenters. The summed E-state index contributed by atoms with van der Waals surface area (Å²) in [6, 6.07) is 17.9. The molecule has 1 fully saturated rings. The predicted octanol–water partition coefficient (Wildman–Crippen LogP) is 3.35. The first-order chi connectivity index (χ1) is 12.6. The van der Waals surface area contributed by atoms with E-state index in [0.717, 1.165) is 23.3 Å². The van der Waals surface area contributed by atoms with E-state index in [2.05, 4.69) is 5.32 Å². The zero-order valence-corrected chi connectivity index (χ0v) is 14.6. The van der Waals surface area contributed by atoms with Crippen molar-refractivity contribution in [1.82, 2.24) is 5.32 Å². The molecule has 1 aliphatic rings. The second kappa shape index (κ2) is 8.52. The molecule has 0 saturated heterocycles. The van der Waals surface area contributed by atoms with E-state index in [1.807, 2.05) is 54.6 Å². The van der Waals surface area contributed by atoms with Crippen LogP contribution in [-0.4, -0.2) is 23.5 Å². The molecule has 26 heavy (non-hydrogen) atoms. The van der Waals surface area contributed by atoms with E-state index in [4.69, 9.17) is 9.84 Å². The van der Waals surface area contributed by atoms with Crippen molar-refractivity contribution in [2.24, 2.45) is 5.92 Å². The van der Waals surface area contributed by atoms with Crippen LogP contribution in [0.1, 0.15) is 36.3 Å². The summed E-state index contributed by atoms with van der Waals surface area (Å²) in [7, 11) is 0. The highest BCUT2D eigenvalue weighted by atomic mass is 16.5. The van der Waals surface area contributed by atoms with E-state index in [-0.39, 0.29) is 24.2 Å². The van der Waals surface area contributed by atoms with Gasteiger partial charge in [0.1, 0.15) is 12.4 Å². The van der Waals surface area contributed by atoms with Crippen LogP contribution in [0, 0.1) is 5.92 Å². The topological polar surface area (TPSA) is 75.6 Å². The smallest absolute Gasteiger partial charge is 0.303 e. The van der Waals surface area contributed by atoms with Crippen LogP contribution in [0.2, 0.25) is 0 Å². The normalized spacial score (nSPS) is 18.2. The number of aliphatic carboxylic acids is 1. The molecule has 2 atom stereocenters. The van der Waals surface area contributed by atoms with Crippen LogP contribution in [-0.2, 0) is 16.2 Å². The van der Waals surface area contributed by atoms with Crippen molar-refractivity contribution >= 4 is 11.9 Å². The molecule has 0 aromatic heterocycles. The summed E-state index contributed by atoms with van der Waals surface area (Å²) in [5.74, 6) is 0.240. The number of carboxylic acids is 1. The fraction of sp³-hybridized carbons (Fsp3) is 0.333. The van der Waals surface area contributed by atoms with E-state index in [0.29, 0.717) is 19.6 Å². The first-order valence-corrected chi connectivity index (χ1v) is 8.89. The molecular formula is C21H23NO4. The number of benzene rings is 2. The summed E-state index contributed by atoms with van der Waals surface area (Å²) in [6.45, 7) is 0.950. The molecule has 2 aromatic rings. The van der Waals surface area contributed by atoms with E-state index >= 15 is 0 Å². The Morgan fingerprint density at radius 3 is 2.50 bits per heavy atom. The molecule has 1 aliphatic carbocycles. The summed E-state index contributed by atoms with van der Waals surface area (Å²) in [4.78, 5) is 22.5. The van der Waals surface area contributed by atoms with Crippen molar-refractivity contribution in [1.29, 1.82) is 0 Å². The Balaban J connectivity index is 1.43. The lowest BCUT2D eigenvalue weighted by atomic mass is 10.1. The highest BCUT2D eigenvalue weighted by Gasteiger charge is 2.43. The molecule has 0 radical (unpaired) electrons. The lowest BCUT2D eigenvalue weighted by molar-refractivity contribution is -0.137. The van der Waals surface area contributed by atoms with Gasteiger partial charge in [-0.25, -0.2) is 0 Å². The number of ether oxygens (including phenoxy) is 1. The maximum absolute atomic E-state index is 12.1. The first kappa shape index (κ1) is 18.0. The molecule has 2 aromatic carbocycles. The summed E-state index contributed by atoms with van der Waals surface area (Å²) in [5.41, 5.74) is 2.26. The molecule has 5 nitrogen and oxygen atoms in total. The maximum Gasteiger partial charge on any atom is 0.303 e. The zero-order chi connectivity index (χ0) is 18.4. The van der Waals surface area contributed by atoms with Crippen LogP contribution in [0.4, 0.5) is 0 Å². The van der Waals surface area contributed by atoms with Crippen LogP contribution in [0.5, 0.6) is 5.75 Å². The minimum absolute atomic E-state index is 0.00378. The Kier molecular flexibility index (Phi) is 5.89. The number of carbonyl (C=O) groups is 2. The van der Waals surface area contributed by atoms with Crippen molar-refractivity contribution < 1.29 is 19.4 Å². The second-order valence-corrected chi connectivity index (χ2v) is 6.58. The van der Waals surface area contributed by atoms with E-state index in [1.165, 1.54) is 0 Å². The van der Waals surface area contributed by atoms with Crippen LogP contribution in [0.25, 0.3) is 0 Å². The Labute approximate surface area is 153 Å². The Bertz CT molecular complexity index is 742. The van der Waals surface area contributed by atoms with E-state index in [1.54, 1.807) is 0 Å². The maximum atomic E-state index is 12.1. The SMILES string of the molecule is O=C(O)CCCNC(=O)C1CC1c1ccc(OCc2ccccc2)cc1. The highest BCUT2D eigenvalue weighted by molar-refractivity contribution is 5.82. The van der Waals surface area contributed by atoms with Crippen molar-refractivity contribution in [2.75, 3.05) is 6.54 Å². The summed E-state index contributed by atoms with van der Waals surface area (Å²) >= 11 is 0. The highest BCUT2D eigenvalue weighted by Crippen LogP contribution is 2.47. The molecule has 136 valence electrons. The summed E-state index contributed by atoms with van der Waals surface area (Å²) in [6.07, 6.45) is 1.39. The van der Waals surface area contributed by atoms with Crippen molar-refractivity contribution in [2.45, 2.75) is 31.8 Å². The van der Waals surface area contributed by atoms with Crippen molar-refractivity contribution in [3.63, 3.8) is 0 Å². The minimum Gasteiger partial charge on any atom is -0.489 e. The zero-order valence-electron chi connectivity index (χ0n) is 14.6. The van der Waals surface area contributed by atoms with Crippen LogP contribution in [0.15, 0.2) is 54.6 Å². The Morgan fingerprint density at radius 1 is 1.08 bits per heavy atom. The van der Waals surface area contributed by atoms with Gasteiger partial charge in [0.15, 0.2) is 0 Å². The third kappa shape index (κ3) is 5.09. The molecular weight excluding hydrogens is 330 g/mol. The fourth-order valence-electron chi connectivity index (χ4n) is 2.99. The van der Waals surface area contributed by atoms with Gasteiger partial charge >= 0.3 is 5.97 Å². The largest absolute Gasteiger partial charge is 0.489 e. The van der Waals surface area contributed by atoms with Gasteiger partial charge in [0.2, 0.25) is 5.91 Å². The van der Waals surface area contributed by atoms with Crippen LogP contribution >= 0.6 is 0 Å².